The lowest BCUT2D eigenvalue weighted by Gasteiger charge is -2.27. The van der Waals surface area contributed by atoms with E-state index >= 15 is 0 Å². The van der Waals surface area contributed by atoms with Gasteiger partial charge < -0.3 is 20.9 Å². The summed E-state index contributed by atoms with van der Waals surface area (Å²) in [5.41, 5.74) is -0.219. The zero-order valence-corrected chi connectivity index (χ0v) is 15.6. The molecule has 6 heteroatoms. The van der Waals surface area contributed by atoms with Crippen LogP contribution < -0.4 is 16.0 Å². The van der Waals surface area contributed by atoms with E-state index < -0.39 is 0 Å². The molecule has 0 bridgehead atoms. The number of amides is 1. The summed E-state index contributed by atoms with van der Waals surface area (Å²) in [5, 5.41) is 9.25. The number of nitrogens with zero attached hydrogens (tertiary/aromatic N) is 2. The van der Waals surface area contributed by atoms with Crippen LogP contribution in [0.4, 0.5) is 0 Å². The Morgan fingerprint density at radius 2 is 1.77 bits per heavy atom. The first-order chi connectivity index (χ1) is 10.0. The maximum atomic E-state index is 11.8. The highest BCUT2D eigenvalue weighted by Gasteiger charge is 2.15. The predicted octanol–water partition coefficient (Wildman–Crippen LogP) is 1.04. The summed E-state index contributed by atoms with van der Waals surface area (Å²) in [6.45, 7) is 11.4. The fourth-order valence-electron chi connectivity index (χ4n) is 2.08. The summed E-state index contributed by atoms with van der Waals surface area (Å²) in [6, 6.07) is 0.432. The van der Waals surface area contributed by atoms with Crippen molar-refractivity contribution in [2.75, 3.05) is 34.2 Å². The Morgan fingerprint density at radius 1 is 1.18 bits per heavy atom. The largest absolute Gasteiger partial charge is 0.355 e. The Morgan fingerprint density at radius 3 is 2.18 bits per heavy atom. The summed E-state index contributed by atoms with van der Waals surface area (Å²) in [5.74, 6) is 1.25. The number of guanidine groups is 1. The van der Waals surface area contributed by atoms with Crippen molar-refractivity contribution in [3.63, 3.8) is 0 Å². The number of hydrogen-bond donors (Lipinski definition) is 3. The first-order valence-corrected chi connectivity index (χ1v) is 7.97. The van der Waals surface area contributed by atoms with E-state index in [4.69, 9.17) is 0 Å². The van der Waals surface area contributed by atoms with Gasteiger partial charge in [-0.05, 0) is 47.2 Å². The van der Waals surface area contributed by atoms with Crippen molar-refractivity contribution in [2.45, 2.75) is 52.6 Å². The molecule has 0 aromatic rings. The van der Waals surface area contributed by atoms with E-state index in [1.165, 1.54) is 0 Å². The normalized spacial score (nSPS) is 14.2. The van der Waals surface area contributed by atoms with Gasteiger partial charge in [-0.25, -0.2) is 0 Å². The smallest absolute Gasteiger partial charge is 0.239 e. The van der Waals surface area contributed by atoms with Gasteiger partial charge in [0.25, 0.3) is 0 Å². The molecule has 0 radical (unpaired) electrons. The minimum Gasteiger partial charge on any atom is -0.355 e. The molecule has 3 N–H and O–H groups in total. The van der Waals surface area contributed by atoms with Gasteiger partial charge in [-0.1, -0.05) is 13.8 Å². The Labute approximate surface area is 136 Å². The van der Waals surface area contributed by atoms with Gasteiger partial charge in [0.05, 0.1) is 6.54 Å². The highest BCUT2D eigenvalue weighted by Crippen LogP contribution is 2.07. The van der Waals surface area contributed by atoms with Crippen LogP contribution >= 0.6 is 0 Å². The Kier molecular flexibility index (Phi) is 9.09. The summed E-state index contributed by atoms with van der Waals surface area (Å²) in [6.07, 6.45) is 1.11. The van der Waals surface area contributed by atoms with Crippen LogP contribution in [0, 0.1) is 5.92 Å². The molecule has 0 aromatic heterocycles. The van der Waals surface area contributed by atoms with Crippen molar-refractivity contribution in [3.05, 3.63) is 0 Å². The number of carbonyl (C=O) groups is 1. The molecule has 6 nitrogen and oxygen atoms in total. The molecule has 0 heterocycles. The molecular weight excluding hydrogens is 278 g/mol. The third-order valence-electron chi connectivity index (χ3n) is 3.13. The number of carbonyl (C=O) groups excluding carboxylic acids is 1. The van der Waals surface area contributed by atoms with Crippen LogP contribution in [0.25, 0.3) is 0 Å². The van der Waals surface area contributed by atoms with Crippen LogP contribution in [0.3, 0.4) is 0 Å². The lowest BCUT2D eigenvalue weighted by atomic mass is 10.0. The van der Waals surface area contributed by atoms with E-state index in [1.54, 1.807) is 7.05 Å². The molecule has 0 aliphatic carbocycles. The Bertz CT molecular complexity index is 358. The minimum atomic E-state index is -0.219. The number of nitrogens with one attached hydrogen (secondary N) is 3. The first-order valence-electron chi connectivity index (χ1n) is 7.97. The van der Waals surface area contributed by atoms with Crippen molar-refractivity contribution < 1.29 is 4.79 Å². The van der Waals surface area contributed by atoms with Crippen LogP contribution in [0.15, 0.2) is 4.99 Å². The highest BCUT2D eigenvalue weighted by atomic mass is 16.2. The van der Waals surface area contributed by atoms with Gasteiger partial charge in [-0.3, -0.25) is 9.79 Å². The van der Waals surface area contributed by atoms with Gasteiger partial charge in [0, 0.05) is 25.2 Å². The highest BCUT2D eigenvalue weighted by molar-refractivity contribution is 5.86. The van der Waals surface area contributed by atoms with Crippen LogP contribution in [0.1, 0.15) is 41.0 Å². The quantitative estimate of drug-likeness (QED) is 0.485. The SMILES string of the molecule is CN=C(NCC(=O)NC(C)(C)C)NCC(CC(C)C)N(C)C. The molecule has 1 unspecified atom stereocenters. The molecule has 0 spiro atoms. The van der Waals surface area contributed by atoms with E-state index in [1.807, 2.05) is 20.8 Å². The second-order valence-electron chi connectivity index (χ2n) is 7.35. The molecule has 0 saturated heterocycles. The van der Waals surface area contributed by atoms with Crippen molar-refractivity contribution in [1.29, 1.82) is 0 Å². The minimum absolute atomic E-state index is 0.0400. The zero-order valence-electron chi connectivity index (χ0n) is 15.6. The standard InChI is InChI=1S/C16H35N5O/c1-12(2)9-13(21(7)8)10-18-15(17-6)19-11-14(22)20-16(3,4)5/h12-13H,9-11H2,1-8H3,(H,20,22)(H2,17,18,19). The zero-order chi connectivity index (χ0) is 17.3. The first kappa shape index (κ1) is 20.7. The van der Waals surface area contributed by atoms with Gasteiger partial charge in [-0.2, -0.15) is 0 Å². The maximum absolute atomic E-state index is 11.8. The molecule has 0 rings (SSSR count). The Hall–Kier alpha value is -1.30. The van der Waals surface area contributed by atoms with E-state index in [0.717, 1.165) is 13.0 Å². The summed E-state index contributed by atoms with van der Waals surface area (Å²) < 4.78 is 0. The molecule has 1 amide bonds. The van der Waals surface area contributed by atoms with E-state index in [-0.39, 0.29) is 18.0 Å². The van der Waals surface area contributed by atoms with Gasteiger partial charge in [-0.15, -0.1) is 0 Å². The molecule has 0 aliphatic rings. The van der Waals surface area contributed by atoms with E-state index in [0.29, 0.717) is 17.9 Å². The van der Waals surface area contributed by atoms with Crippen molar-refractivity contribution in [3.8, 4) is 0 Å². The lowest BCUT2D eigenvalue weighted by molar-refractivity contribution is -0.121. The third kappa shape index (κ3) is 10.4. The predicted molar refractivity (Wildman–Crippen MR) is 94.2 cm³/mol. The second-order valence-corrected chi connectivity index (χ2v) is 7.35. The Balaban J connectivity index is 4.29. The molecule has 130 valence electrons. The average molecular weight is 313 g/mol. The molecular formula is C16H35N5O. The van der Waals surface area contributed by atoms with Crippen molar-refractivity contribution in [2.24, 2.45) is 10.9 Å². The van der Waals surface area contributed by atoms with E-state index in [2.05, 4.69) is 53.8 Å². The van der Waals surface area contributed by atoms with Crippen LogP contribution in [0.5, 0.6) is 0 Å². The molecule has 0 saturated carbocycles. The number of rotatable bonds is 7. The molecule has 0 fully saturated rings. The van der Waals surface area contributed by atoms with Crippen LogP contribution in [-0.4, -0.2) is 62.6 Å². The van der Waals surface area contributed by atoms with Crippen LogP contribution in [-0.2, 0) is 4.79 Å². The van der Waals surface area contributed by atoms with Gasteiger partial charge in [0.2, 0.25) is 5.91 Å². The second kappa shape index (κ2) is 9.66. The van der Waals surface area contributed by atoms with Crippen molar-refractivity contribution >= 4 is 11.9 Å². The van der Waals surface area contributed by atoms with Gasteiger partial charge in [0.1, 0.15) is 0 Å². The summed E-state index contributed by atoms with van der Waals surface area (Å²) >= 11 is 0. The summed E-state index contributed by atoms with van der Waals surface area (Å²) in [4.78, 5) is 18.2. The van der Waals surface area contributed by atoms with Gasteiger partial charge >= 0.3 is 0 Å². The number of hydrogen-bond acceptors (Lipinski definition) is 3. The fourth-order valence-corrected chi connectivity index (χ4v) is 2.08. The number of aliphatic imine (C=N–C) groups is 1. The topological polar surface area (TPSA) is 68.8 Å². The summed E-state index contributed by atoms with van der Waals surface area (Å²) in [7, 11) is 5.88. The lowest BCUT2D eigenvalue weighted by Crippen LogP contribution is -2.50. The van der Waals surface area contributed by atoms with Crippen molar-refractivity contribution in [1.82, 2.24) is 20.9 Å². The third-order valence-corrected chi connectivity index (χ3v) is 3.13. The molecule has 1 atom stereocenters. The fraction of sp³-hybridized carbons (Fsp3) is 0.875. The average Bonchev–Trinajstić information content (AvgIpc) is 2.34. The number of likely N-dealkylation sites (N-methyl/N-ethyl adjacent to an activating group) is 1. The maximum Gasteiger partial charge on any atom is 0.239 e. The van der Waals surface area contributed by atoms with Crippen LogP contribution in [0.2, 0.25) is 0 Å². The molecule has 0 aliphatic heterocycles. The monoisotopic (exact) mass is 313 g/mol. The molecule has 0 aromatic carbocycles. The van der Waals surface area contributed by atoms with E-state index in [9.17, 15) is 4.79 Å². The van der Waals surface area contributed by atoms with Gasteiger partial charge in [0.15, 0.2) is 5.96 Å². The molecule has 22 heavy (non-hydrogen) atoms.